The minimum Gasteiger partial charge on any atom is -0.394 e. The van der Waals surface area contributed by atoms with Gasteiger partial charge < -0.3 is 10.2 Å². The lowest BCUT2D eigenvalue weighted by Crippen LogP contribution is -2.28. The molecule has 1 heterocycles. The highest BCUT2D eigenvalue weighted by Crippen LogP contribution is 1.88. The molecule has 5 heteroatoms. The van der Waals surface area contributed by atoms with Gasteiger partial charge in [-0.15, -0.1) is 0 Å². The van der Waals surface area contributed by atoms with E-state index in [9.17, 15) is 4.79 Å². The molecule has 0 bridgehead atoms. The summed E-state index contributed by atoms with van der Waals surface area (Å²) in [7, 11) is 0. The average molecular weight is 184 g/mol. The van der Waals surface area contributed by atoms with Crippen LogP contribution in [0.25, 0.3) is 0 Å². The Bertz CT molecular complexity index is 334. The summed E-state index contributed by atoms with van der Waals surface area (Å²) in [6.07, 6.45) is 0.443. The Morgan fingerprint density at radius 3 is 2.92 bits per heavy atom. The second-order valence-corrected chi connectivity index (χ2v) is 2.86. The molecule has 1 unspecified atom stereocenters. The van der Waals surface area contributed by atoms with Crippen molar-refractivity contribution in [3.05, 3.63) is 28.4 Å². The quantitative estimate of drug-likeness (QED) is 0.625. The second-order valence-electron chi connectivity index (χ2n) is 2.86. The molecule has 0 aliphatic rings. The van der Waals surface area contributed by atoms with Gasteiger partial charge in [-0.3, -0.25) is 9.36 Å². The maximum absolute atomic E-state index is 11.2. The average Bonchev–Trinajstić information content (AvgIpc) is 2.09. The van der Waals surface area contributed by atoms with Gasteiger partial charge in [-0.05, 0) is 6.92 Å². The number of nitrogens with zero attached hydrogens (tertiary/aromatic N) is 2. The van der Waals surface area contributed by atoms with Crippen molar-refractivity contribution >= 4 is 0 Å². The lowest BCUT2D eigenvalue weighted by atomic mass is 10.3. The van der Waals surface area contributed by atoms with Crippen LogP contribution in [0.5, 0.6) is 0 Å². The Balaban J connectivity index is 2.84. The Morgan fingerprint density at radius 2 is 2.38 bits per heavy atom. The summed E-state index contributed by atoms with van der Waals surface area (Å²) in [5.41, 5.74) is 0.416. The number of hydrogen-bond donors (Lipinski definition) is 2. The Morgan fingerprint density at radius 1 is 1.69 bits per heavy atom. The fraction of sp³-hybridized carbons (Fsp3) is 0.500. The largest absolute Gasteiger partial charge is 0.394 e. The van der Waals surface area contributed by atoms with Gasteiger partial charge in [0.25, 0.3) is 5.56 Å². The first-order chi connectivity index (χ1) is 6.13. The number of rotatable bonds is 3. The molecule has 0 aliphatic heterocycles. The normalized spacial score (nSPS) is 12.8. The van der Waals surface area contributed by atoms with Crippen LogP contribution in [0, 0.1) is 6.92 Å². The zero-order valence-corrected chi connectivity index (χ0v) is 7.34. The molecule has 0 aliphatic carbocycles. The van der Waals surface area contributed by atoms with Crippen LogP contribution < -0.4 is 5.56 Å². The molecular formula is C8H12N2O3. The molecule has 0 amide bonds. The standard InChI is InChI=1S/C8H12N2O3/c1-6-2-8(13)10(5-9-6)3-7(12)4-11/h2,5,7,11-12H,3-4H2,1H3. The van der Waals surface area contributed by atoms with Gasteiger partial charge in [-0.25, -0.2) is 4.98 Å². The first kappa shape index (κ1) is 9.88. The molecule has 72 valence electrons. The molecule has 1 rings (SSSR count). The van der Waals surface area contributed by atoms with Crippen molar-refractivity contribution in [3.8, 4) is 0 Å². The third-order valence-electron chi connectivity index (χ3n) is 1.63. The topological polar surface area (TPSA) is 75.4 Å². The summed E-state index contributed by atoms with van der Waals surface area (Å²) >= 11 is 0. The van der Waals surface area contributed by atoms with Crippen molar-refractivity contribution in [3.63, 3.8) is 0 Å². The Kier molecular flexibility index (Phi) is 3.16. The van der Waals surface area contributed by atoms with Crippen LogP contribution in [0.1, 0.15) is 5.69 Å². The Hall–Kier alpha value is -1.20. The van der Waals surface area contributed by atoms with E-state index in [1.54, 1.807) is 6.92 Å². The molecule has 2 N–H and O–H groups in total. The fourth-order valence-corrected chi connectivity index (χ4v) is 0.938. The van der Waals surface area contributed by atoms with Crippen molar-refractivity contribution in [2.24, 2.45) is 0 Å². The predicted molar refractivity (Wildman–Crippen MR) is 46.3 cm³/mol. The van der Waals surface area contributed by atoms with E-state index in [2.05, 4.69) is 4.98 Å². The highest BCUT2D eigenvalue weighted by molar-refractivity contribution is 4.96. The minimum absolute atomic E-state index is 0.0720. The van der Waals surface area contributed by atoms with Crippen LogP contribution in [-0.2, 0) is 6.54 Å². The highest BCUT2D eigenvalue weighted by Gasteiger charge is 2.04. The van der Waals surface area contributed by atoms with Crippen LogP contribution in [0.4, 0.5) is 0 Å². The smallest absolute Gasteiger partial charge is 0.253 e. The lowest BCUT2D eigenvalue weighted by molar-refractivity contribution is 0.0801. The van der Waals surface area contributed by atoms with E-state index in [1.807, 2.05) is 0 Å². The second kappa shape index (κ2) is 4.15. The van der Waals surface area contributed by atoms with E-state index < -0.39 is 6.10 Å². The summed E-state index contributed by atoms with van der Waals surface area (Å²) in [5, 5.41) is 17.6. The number of aromatic nitrogens is 2. The van der Waals surface area contributed by atoms with Crippen LogP contribution in [0.2, 0.25) is 0 Å². The minimum atomic E-state index is -0.915. The van der Waals surface area contributed by atoms with E-state index >= 15 is 0 Å². The van der Waals surface area contributed by atoms with Gasteiger partial charge in [0.1, 0.15) is 0 Å². The van der Waals surface area contributed by atoms with Crippen molar-refractivity contribution < 1.29 is 10.2 Å². The van der Waals surface area contributed by atoms with Gasteiger partial charge >= 0.3 is 0 Å². The Labute approximate surface area is 75.3 Å². The molecule has 0 saturated carbocycles. The number of aliphatic hydroxyl groups excluding tert-OH is 2. The van der Waals surface area contributed by atoms with Crippen molar-refractivity contribution in [1.29, 1.82) is 0 Å². The van der Waals surface area contributed by atoms with Gasteiger partial charge in [0, 0.05) is 11.8 Å². The summed E-state index contributed by atoms with van der Waals surface area (Å²) < 4.78 is 1.26. The molecule has 1 atom stereocenters. The van der Waals surface area contributed by atoms with Crippen molar-refractivity contribution in [2.45, 2.75) is 19.6 Å². The maximum Gasteiger partial charge on any atom is 0.253 e. The molecule has 5 nitrogen and oxygen atoms in total. The SMILES string of the molecule is Cc1cc(=O)n(CC(O)CO)cn1. The van der Waals surface area contributed by atoms with Gasteiger partial charge in [0.15, 0.2) is 0 Å². The first-order valence-corrected chi connectivity index (χ1v) is 3.95. The molecule has 0 saturated heterocycles. The third-order valence-corrected chi connectivity index (χ3v) is 1.63. The highest BCUT2D eigenvalue weighted by atomic mass is 16.3. The fourth-order valence-electron chi connectivity index (χ4n) is 0.938. The molecule has 1 aromatic rings. The zero-order valence-electron chi connectivity index (χ0n) is 7.34. The van der Waals surface area contributed by atoms with Gasteiger partial charge in [-0.2, -0.15) is 0 Å². The van der Waals surface area contributed by atoms with E-state index in [0.29, 0.717) is 5.69 Å². The van der Waals surface area contributed by atoms with Gasteiger partial charge in [0.05, 0.1) is 25.6 Å². The molecular weight excluding hydrogens is 172 g/mol. The van der Waals surface area contributed by atoms with E-state index in [1.165, 1.54) is 17.0 Å². The molecule has 1 aromatic heterocycles. The summed E-state index contributed by atoms with van der Waals surface area (Å²) in [6.45, 7) is 1.43. The van der Waals surface area contributed by atoms with E-state index in [0.717, 1.165) is 0 Å². The summed E-state index contributed by atoms with van der Waals surface area (Å²) in [4.78, 5) is 15.1. The monoisotopic (exact) mass is 184 g/mol. The van der Waals surface area contributed by atoms with E-state index in [-0.39, 0.29) is 18.7 Å². The van der Waals surface area contributed by atoms with Gasteiger partial charge in [0.2, 0.25) is 0 Å². The molecule has 0 spiro atoms. The number of hydrogen-bond acceptors (Lipinski definition) is 4. The molecule has 0 radical (unpaired) electrons. The summed E-state index contributed by atoms with van der Waals surface area (Å²) in [5.74, 6) is 0. The van der Waals surface area contributed by atoms with Crippen molar-refractivity contribution in [2.75, 3.05) is 6.61 Å². The first-order valence-electron chi connectivity index (χ1n) is 3.95. The zero-order chi connectivity index (χ0) is 9.84. The number of aryl methyl sites for hydroxylation is 1. The summed E-state index contributed by atoms with van der Waals surface area (Å²) in [6, 6.07) is 1.38. The lowest BCUT2D eigenvalue weighted by Gasteiger charge is -2.08. The van der Waals surface area contributed by atoms with Crippen LogP contribution >= 0.6 is 0 Å². The third kappa shape index (κ3) is 2.64. The van der Waals surface area contributed by atoms with Crippen LogP contribution in [-0.4, -0.2) is 32.5 Å². The molecule has 0 aromatic carbocycles. The van der Waals surface area contributed by atoms with E-state index in [4.69, 9.17) is 10.2 Å². The van der Waals surface area contributed by atoms with Gasteiger partial charge in [-0.1, -0.05) is 0 Å². The van der Waals surface area contributed by atoms with Crippen LogP contribution in [0.3, 0.4) is 0 Å². The molecule has 0 fully saturated rings. The van der Waals surface area contributed by atoms with Crippen molar-refractivity contribution in [1.82, 2.24) is 9.55 Å². The molecule has 13 heavy (non-hydrogen) atoms. The number of aliphatic hydroxyl groups is 2. The predicted octanol–water partition coefficient (Wildman–Crippen LogP) is -1.10. The maximum atomic E-state index is 11.2. The van der Waals surface area contributed by atoms with Crippen LogP contribution in [0.15, 0.2) is 17.2 Å².